The van der Waals surface area contributed by atoms with Gasteiger partial charge >= 0.3 is 0 Å². The van der Waals surface area contributed by atoms with Crippen LogP contribution in [0.15, 0.2) is 12.1 Å². The number of alkyl halides is 2. The molecule has 0 spiro atoms. The highest BCUT2D eigenvalue weighted by Gasteiger charge is 2.26. The van der Waals surface area contributed by atoms with Crippen molar-refractivity contribution in [3.05, 3.63) is 22.7 Å². The number of aliphatic hydroxyl groups is 1. The summed E-state index contributed by atoms with van der Waals surface area (Å²) in [7, 11) is 0. The number of hydrogen-bond acceptors (Lipinski definition) is 4. The van der Waals surface area contributed by atoms with Crippen LogP contribution in [0.4, 0.5) is 8.78 Å². The van der Waals surface area contributed by atoms with Crippen LogP contribution in [0.3, 0.4) is 0 Å². The van der Waals surface area contributed by atoms with E-state index >= 15 is 0 Å². The number of rotatable bonds is 5. The predicted octanol–water partition coefficient (Wildman–Crippen LogP) is 2.22. The molecule has 0 saturated carbocycles. The van der Waals surface area contributed by atoms with Crippen molar-refractivity contribution in [3.8, 4) is 11.5 Å². The van der Waals surface area contributed by atoms with Crippen molar-refractivity contribution in [2.24, 2.45) is 0 Å². The Labute approximate surface area is 120 Å². The first kappa shape index (κ1) is 15.3. The van der Waals surface area contributed by atoms with Crippen molar-refractivity contribution in [2.75, 3.05) is 26.4 Å². The lowest BCUT2D eigenvalue weighted by Crippen LogP contribution is -2.35. The highest BCUT2D eigenvalue weighted by atomic mass is 35.5. The fourth-order valence-corrected chi connectivity index (χ4v) is 2.12. The zero-order valence-electron chi connectivity index (χ0n) is 10.8. The molecular formula is C13H16ClF2NO3. The van der Waals surface area contributed by atoms with Crippen LogP contribution in [0.5, 0.6) is 11.5 Å². The molecule has 1 aliphatic heterocycles. The Morgan fingerprint density at radius 1 is 1.30 bits per heavy atom. The van der Waals surface area contributed by atoms with Gasteiger partial charge in [0.05, 0.1) is 24.8 Å². The van der Waals surface area contributed by atoms with Crippen LogP contribution >= 0.6 is 11.6 Å². The molecule has 0 amide bonds. The van der Waals surface area contributed by atoms with Gasteiger partial charge in [-0.05, 0) is 17.7 Å². The molecule has 0 fully saturated rings. The highest BCUT2D eigenvalue weighted by Crippen LogP contribution is 2.37. The molecule has 1 heterocycles. The number of hydrogen-bond donors (Lipinski definition) is 2. The van der Waals surface area contributed by atoms with Crippen molar-refractivity contribution in [2.45, 2.75) is 18.9 Å². The van der Waals surface area contributed by atoms with Crippen molar-refractivity contribution in [3.63, 3.8) is 0 Å². The van der Waals surface area contributed by atoms with Gasteiger partial charge in [0.25, 0.3) is 5.92 Å². The summed E-state index contributed by atoms with van der Waals surface area (Å²) >= 11 is 6.10. The Bertz CT molecular complexity index is 471. The number of ether oxygens (including phenoxy) is 2. The average Bonchev–Trinajstić information content (AvgIpc) is 2.64. The van der Waals surface area contributed by atoms with Crippen molar-refractivity contribution >= 4 is 11.6 Å². The molecule has 0 atom stereocenters. The minimum absolute atomic E-state index is 0.200. The Morgan fingerprint density at radius 2 is 2.05 bits per heavy atom. The molecule has 0 aliphatic carbocycles. The lowest BCUT2D eigenvalue weighted by molar-refractivity contribution is -0.0477. The van der Waals surface area contributed by atoms with Crippen molar-refractivity contribution in [1.82, 2.24) is 5.32 Å². The van der Waals surface area contributed by atoms with Crippen LogP contribution in [-0.4, -0.2) is 37.4 Å². The topological polar surface area (TPSA) is 50.7 Å². The largest absolute Gasteiger partial charge is 0.489 e. The Morgan fingerprint density at radius 3 is 2.80 bits per heavy atom. The third kappa shape index (κ3) is 3.94. The molecule has 2 N–H and O–H groups in total. The second kappa shape index (κ2) is 6.56. The monoisotopic (exact) mass is 307 g/mol. The Hall–Kier alpha value is -1.11. The lowest BCUT2D eigenvalue weighted by atomic mass is 10.2. The molecule has 112 valence electrons. The fourth-order valence-electron chi connectivity index (χ4n) is 1.83. The normalized spacial score (nSPS) is 15.0. The van der Waals surface area contributed by atoms with Crippen LogP contribution < -0.4 is 14.8 Å². The van der Waals surface area contributed by atoms with Gasteiger partial charge in [0, 0.05) is 13.0 Å². The summed E-state index contributed by atoms with van der Waals surface area (Å²) in [6.45, 7) is -0.515. The predicted molar refractivity (Wildman–Crippen MR) is 70.8 cm³/mol. The van der Waals surface area contributed by atoms with Crippen molar-refractivity contribution < 1.29 is 23.4 Å². The molecule has 2 rings (SSSR count). The molecule has 0 saturated heterocycles. The fraction of sp³-hybridized carbons (Fsp3) is 0.538. The SMILES string of the molecule is OCC(F)(F)CNCc1cc(Cl)c2c(c1)OCCCO2. The summed E-state index contributed by atoms with van der Waals surface area (Å²) in [5, 5.41) is 11.5. The molecule has 0 unspecified atom stereocenters. The zero-order chi connectivity index (χ0) is 14.6. The summed E-state index contributed by atoms with van der Waals surface area (Å²) in [6.07, 6.45) is 0.765. The second-order valence-corrected chi connectivity index (χ2v) is 4.98. The van der Waals surface area contributed by atoms with Crippen LogP contribution in [0.2, 0.25) is 5.02 Å². The van der Waals surface area contributed by atoms with Gasteiger partial charge in [-0.2, -0.15) is 0 Å². The number of aliphatic hydroxyl groups excluding tert-OH is 1. The molecule has 0 aromatic heterocycles. The van der Waals surface area contributed by atoms with Gasteiger partial charge in [-0.25, -0.2) is 8.78 Å². The van der Waals surface area contributed by atoms with Crippen LogP contribution in [0.1, 0.15) is 12.0 Å². The van der Waals surface area contributed by atoms with Crippen LogP contribution in [0.25, 0.3) is 0 Å². The van der Waals surface area contributed by atoms with Gasteiger partial charge in [0.15, 0.2) is 11.5 Å². The molecular weight excluding hydrogens is 292 g/mol. The van der Waals surface area contributed by atoms with E-state index in [4.69, 9.17) is 26.2 Å². The summed E-state index contributed by atoms with van der Waals surface area (Å²) in [5.74, 6) is -2.11. The Balaban J connectivity index is 2.02. The van der Waals surface area contributed by atoms with Gasteiger partial charge < -0.3 is 19.9 Å². The van der Waals surface area contributed by atoms with Gasteiger partial charge in [-0.15, -0.1) is 0 Å². The maximum Gasteiger partial charge on any atom is 0.282 e. The summed E-state index contributed by atoms with van der Waals surface area (Å²) < 4.78 is 36.8. The van der Waals surface area contributed by atoms with E-state index in [2.05, 4.69) is 5.32 Å². The molecule has 0 radical (unpaired) electrons. The first-order valence-electron chi connectivity index (χ1n) is 6.29. The van der Waals surface area contributed by atoms with Gasteiger partial charge in [0.2, 0.25) is 0 Å². The molecule has 1 aromatic rings. The Kier molecular flexibility index (Phi) is 5.01. The second-order valence-electron chi connectivity index (χ2n) is 4.57. The van der Waals surface area contributed by atoms with E-state index in [0.29, 0.717) is 35.3 Å². The van der Waals surface area contributed by atoms with E-state index < -0.39 is 19.1 Å². The first-order valence-corrected chi connectivity index (χ1v) is 6.67. The molecule has 7 heteroatoms. The van der Waals surface area contributed by atoms with Crippen molar-refractivity contribution in [1.29, 1.82) is 0 Å². The summed E-state index contributed by atoms with van der Waals surface area (Å²) in [6, 6.07) is 3.37. The van der Waals surface area contributed by atoms with Gasteiger partial charge in [-0.1, -0.05) is 11.6 Å². The average molecular weight is 308 g/mol. The minimum Gasteiger partial charge on any atom is -0.489 e. The van der Waals surface area contributed by atoms with Crippen LogP contribution in [0, 0.1) is 0 Å². The maximum atomic E-state index is 12.9. The van der Waals surface area contributed by atoms with E-state index in [9.17, 15) is 8.78 Å². The quantitative estimate of drug-likeness (QED) is 0.876. The van der Waals surface area contributed by atoms with E-state index in [1.165, 1.54) is 0 Å². The van der Waals surface area contributed by atoms with E-state index in [1.807, 2.05) is 0 Å². The number of fused-ring (bicyclic) bond motifs is 1. The molecule has 20 heavy (non-hydrogen) atoms. The van der Waals surface area contributed by atoms with E-state index in [-0.39, 0.29) is 6.54 Å². The minimum atomic E-state index is -3.13. The summed E-state index contributed by atoms with van der Waals surface area (Å²) in [4.78, 5) is 0. The van der Waals surface area contributed by atoms with E-state index in [0.717, 1.165) is 6.42 Å². The standard InChI is InChI=1S/C13H16ClF2NO3/c14-10-4-9(6-17-7-13(15,16)8-18)5-11-12(10)20-3-1-2-19-11/h4-5,17-18H,1-3,6-8H2. The van der Waals surface area contributed by atoms with Gasteiger partial charge in [0.1, 0.15) is 6.61 Å². The molecule has 1 aliphatic rings. The zero-order valence-corrected chi connectivity index (χ0v) is 11.6. The molecule has 4 nitrogen and oxygen atoms in total. The molecule has 1 aromatic carbocycles. The number of nitrogens with one attached hydrogen (secondary N) is 1. The third-order valence-corrected chi connectivity index (χ3v) is 3.09. The highest BCUT2D eigenvalue weighted by molar-refractivity contribution is 6.32. The van der Waals surface area contributed by atoms with Crippen LogP contribution in [-0.2, 0) is 6.54 Å². The lowest BCUT2D eigenvalue weighted by Gasteiger charge is -2.15. The first-order chi connectivity index (χ1) is 9.52. The smallest absolute Gasteiger partial charge is 0.282 e. The number of halogens is 3. The molecule has 0 bridgehead atoms. The number of benzene rings is 1. The third-order valence-electron chi connectivity index (χ3n) is 2.81. The van der Waals surface area contributed by atoms with E-state index in [1.54, 1.807) is 12.1 Å². The summed E-state index contributed by atoms with van der Waals surface area (Å²) in [5.41, 5.74) is 0.716. The maximum absolute atomic E-state index is 12.9. The van der Waals surface area contributed by atoms with Gasteiger partial charge in [-0.3, -0.25) is 0 Å².